The third-order valence-electron chi connectivity index (χ3n) is 2.35. The van der Waals surface area contributed by atoms with Gasteiger partial charge in [0, 0.05) is 13.2 Å². The van der Waals surface area contributed by atoms with Gasteiger partial charge in [-0.3, -0.25) is 0 Å². The first kappa shape index (κ1) is 11.1. The van der Waals surface area contributed by atoms with Gasteiger partial charge >= 0.3 is 0 Å². The van der Waals surface area contributed by atoms with E-state index >= 15 is 0 Å². The number of rotatable bonds is 4. The van der Waals surface area contributed by atoms with Crippen LogP contribution in [0.2, 0.25) is 0 Å². The zero-order chi connectivity index (χ0) is 10.5. The third kappa shape index (κ3) is 3.29. The maximum absolute atomic E-state index is 5.62. The standard InChI is InChI=1S/C9H13ClN2O2S/c10-5-8-11-12-9(15-8)14-6-7-1-3-13-4-2-7/h7H,1-6H2. The van der Waals surface area contributed by atoms with Crippen LogP contribution < -0.4 is 4.74 Å². The lowest BCUT2D eigenvalue weighted by atomic mass is 10.0. The molecule has 0 spiro atoms. The first-order valence-electron chi connectivity index (χ1n) is 4.97. The molecule has 0 aromatic carbocycles. The van der Waals surface area contributed by atoms with Crippen LogP contribution in [0.1, 0.15) is 17.8 Å². The molecule has 2 rings (SSSR count). The average molecular weight is 249 g/mol. The van der Waals surface area contributed by atoms with Crippen molar-refractivity contribution in [2.75, 3.05) is 19.8 Å². The summed E-state index contributed by atoms with van der Waals surface area (Å²) < 4.78 is 10.8. The van der Waals surface area contributed by atoms with Crippen molar-refractivity contribution in [3.05, 3.63) is 5.01 Å². The topological polar surface area (TPSA) is 44.2 Å². The van der Waals surface area contributed by atoms with Crippen LogP contribution in [0, 0.1) is 5.92 Å². The normalized spacial score (nSPS) is 17.9. The molecule has 4 nitrogen and oxygen atoms in total. The van der Waals surface area contributed by atoms with Crippen molar-refractivity contribution in [3.63, 3.8) is 0 Å². The smallest absolute Gasteiger partial charge is 0.294 e. The van der Waals surface area contributed by atoms with Crippen molar-refractivity contribution in [1.82, 2.24) is 10.2 Å². The second-order valence-electron chi connectivity index (χ2n) is 3.46. The molecule has 1 fully saturated rings. The van der Waals surface area contributed by atoms with Crippen LogP contribution in [0.4, 0.5) is 0 Å². The Hall–Kier alpha value is -0.390. The second-order valence-corrected chi connectivity index (χ2v) is 4.75. The van der Waals surface area contributed by atoms with Crippen LogP contribution in [-0.2, 0) is 10.6 Å². The van der Waals surface area contributed by atoms with Gasteiger partial charge in [0.25, 0.3) is 5.19 Å². The molecule has 2 heterocycles. The molecule has 6 heteroatoms. The Bertz CT molecular complexity index is 302. The Morgan fingerprint density at radius 1 is 1.40 bits per heavy atom. The van der Waals surface area contributed by atoms with E-state index in [1.165, 1.54) is 11.3 Å². The summed E-state index contributed by atoms with van der Waals surface area (Å²) in [6.07, 6.45) is 2.14. The number of halogens is 1. The fraction of sp³-hybridized carbons (Fsp3) is 0.778. The molecular formula is C9H13ClN2O2S. The number of alkyl halides is 1. The minimum Gasteiger partial charge on any atom is -0.469 e. The molecule has 1 aromatic heterocycles. The molecule has 0 radical (unpaired) electrons. The van der Waals surface area contributed by atoms with Crippen LogP contribution in [0.5, 0.6) is 5.19 Å². The van der Waals surface area contributed by atoms with Gasteiger partial charge in [-0.1, -0.05) is 11.3 Å². The number of nitrogens with zero attached hydrogens (tertiary/aromatic N) is 2. The van der Waals surface area contributed by atoms with E-state index < -0.39 is 0 Å². The Morgan fingerprint density at radius 3 is 2.87 bits per heavy atom. The number of ether oxygens (including phenoxy) is 2. The Balaban J connectivity index is 1.76. The summed E-state index contributed by atoms with van der Waals surface area (Å²) in [7, 11) is 0. The van der Waals surface area contributed by atoms with E-state index in [9.17, 15) is 0 Å². The minimum absolute atomic E-state index is 0.401. The van der Waals surface area contributed by atoms with Crippen molar-refractivity contribution in [2.24, 2.45) is 5.92 Å². The summed E-state index contributed by atoms with van der Waals surface area (Å²) in [5.74, 6) is 0.986. The van der Waals surface area contributed by atoms with E-state index in [1.807, 2.05) is 0 Å². The minimum atomic E-state index is 0.401. The quantitative estimate of drug-likeness (QED) is 0.766. The van der Waals surface area contributed by atoms with Gasteiger partial charge in [-0.2, -0.15) is 0 Å². The van der Waals surface area contributed by atoms with Gasteiger partial charge in [0.05, 0.1) is 12.5 Å². The summed E-state index contributed by atoms with van der Waals surface area (Å²) in [4.78, 5) is 0. The SMILES string of the molecule is ClCc1nnc(OCC2CCOCC2)s1. The fourth-order valence-corrected chi connectivity index (χ4v) is 2.22. The molecular weight excluding hydrogens is 236 g/mol. The zero-order valence-electron chi connectivity index (χ0n) is 8.32. The van der Waals surface area contributed by atoms with Crippen LogP contribution in [0.15, 0.2) is 0 Å². The predicted octanol–water partition coefficient (Wildman–Crippen LogP) is 2.08. The van der Waals surface area contributed by atoms with Gasteiger partial charge in [0.2, 0.25) is 0 Å². The first-order chi connectivity index (χ1) is 7.38. The number of hydrogen-bond donors (Lipinski definition) is 0. The monoisotopic (exact) mass is 248 g/mol. The highest BCUT2D eigenvalue weighted by Gasteiger charge is 2.15. The van der Waals surface area contributed by atoms with E-state index in [2.05, 4.69) is 10.2 Å². The molecule has 0 unspecified atom stereocenters. The van der Waals surface area contributed by atoms with Gasteiger partial charge in [0.15, 0.2) is 0 Å². The molecule has 1 saturated heterocycles. The zero-order valence-corrected chi connectivity index (χ0v) is 9.89. The predicted molar refractivity (Wildman–Crippen MR) is 58.5 cm³/mol. The number of hydrogen-bond acceptors (Lipinski definition) is 5. The number of aromatic nitrogens is 2. The highest BCUT2D eigenvalue weighted by Crippen LogP contribution is 2.21. The van der Waals surface area contributed by atoms with Crippen LogP contribution in [0.3, 0.4) is 0 Å². The van der Waals surface area contributed by atoms with E-state index in [0.29, 0.717) is 23.6 Å². The lowest BCUT2D eigenvalue weighted by molar-refractivity contribution is 0.0496. The maximum Gasteiger partial charge on any atom is 0.294 e. The van der Waals surface area contributed by atoms with Gasteiger partial charge < -0.3 is 9.47 Å². The summed E-state index contributed by atoms with van der Waals surface area (Å²) in [6, 6.07) is 0. The van der Waals surface area contributed by atoms with Crippen molar-refractivity contribution in [2.45, 2.75) is 18.7 Å². The lowest BCUT2D eigenvalue weighted by Gasteiger charge is -2.21. The van der Waals surface area contributed by atoms with Gasteiger partial charge in [-0.15, -0.1) is 21.8 Å². The summed E-state index contributed by atoms with van der Waals surface area (Å²) in [5, 5.41) is 9.21. The van der Waals surface area contributed by atoms with Gasteiger partial charge in [0.1, 0.15) is 5.01 Å². The van der Waals surface area contributed by atoms with Crippen molar-refractivity contribution >= 4 is 22.9 Å². The van der Waals surface area contributed by atoms with Crippen molar-refractivity contribution in [3.8, 4) is 5.19 Å². The summed E-state index contributed by atoms with van der Waals surface area (Å²) in [6.45, 7) is 2.40. The summed E-state index contributed by atoms with van der Waals surface area (Å²) in [5.41, 5.74) is 0. The van der Waals surface area contributed by atoms with Gasteiger partial charge in [-0.25, -0.2) is 0 Å². The molecule has 0 bridgehead atoms. The first-order valence-corrected chi connectivity index (χ1v) is 6.32. The summed E-state index contributed by atoms with van der Waals surface area (Å²) >= 11 is 7.04. The largest absolute Gasteiger partial charge is 0.469 e. The van der Waals surface area contributed by atoms with Crippen LogP contribution >= 0.6 is 22.9 Å². The van der Waals surface area contributed by atoms with E-state index in [4.69, 9.17) is 21.1 Å². The molecule has 0 aliphatic carbocycles. The van der Waals surface area contributed by atoms with Crippen molar-refractivity contribution < 1.29 is 9.47 Å². The van der Waals surface area contributed by atoms with E-state index in [-0.39, 0.29) is 0 Å². The maximum atomic E-state index is 5.62. The van der Waals surface area contributed by atoms with Crippen LogP contribution in [-0.4, -0.2) is 30.0 Å². The average Bonchev–Trinajstić information content (AvgIpc) is 2.76. The highest BCUT2D eigenvalue weighted by atomic mass is 35.5. The highest BCUT2D eigenvalue weighted by molar-refractivity contribution is 7.13. The molecule has 0 saturated carbocycles. The Morgan fingerprint density at radius 2 is 2.20 bits per heavy atom. The molecule has 0 atom stereocenters. The Labute approximate surface area is 97.6 Å². The van der Waals surface area contributed by atoms with Crippen LogP contribution in [0.25, 0.3) is 0 Å². The molecule has 84 valence electrons. The molecule has 1 aliphatic heterocycles. The molecule has 1 aromatic rings. The molecule has 0 amide bonds. The molecule has 15 heavy (non-hydrogen) atoms. The second kappa shape index (κ2) is 5.63. The molecule has 1 aliphatic rings. The molecule has 0 N–H and O–H groups in total. The van der Waals surface area contributed by atoms with Gasteiger partial charge in [-0.05, 0) is 18.8 Å². The lowest BCUT2D eigenvalue weighted by Crippen LogP contribution is -2.21. The third-order valence-corrected chi connectivity index (χ3v) is 3.59. The van der Waals surface area contributed by atoms with Crippen molar-refractivity contribution in [1.29, 1.82) is 0 Å². The fourth-order valence-electron chi connectivity index (χ4n) is 1.45. The van der Waals surface area contributed by atoms with E-state index in [1.54, 1.807) is 0 Å². The van der Waals surface area contributed by atoms with E-state index in [0.717, 1.165) is 31.1 Å². The Kier molecular flexibility index (Phi) is 4.17.